The van der Waals surface area contributed by atoms with Crippen LogP contribution in [0, 0.1) is 30.9 Å². The smallest absolute Gasteiger partial charge is 0.344 e. The largest absolute Gasteiger partial charge is 0.494 e. The minimum atomic E-state index is -0.699. The molecule has 0 bridgehead atoms. The standard InChI is InChI=1S/C20H22N2O7/c1-12-7-13(2)20(14(3)8-12)29-11-19(24)28-10-18(23)21-16-6-5-15(22(25)26)9-17(16)27-4/h5-9H,10-11H2,1-4H3,(H,21,23). The van der Waals surface area contributed by atoms with Gasteiger partial charge in [-0.15, -0.1) is 0 Å². The van der Waals surface area contributed by atoms with E-state index >= 15 is 0 Å². The fourth-order valence-corrected chi connectivity index (χ4v) is 2.80. The summed E-state index contributed by atoms with van der Waals surface area (Å²) < 4.78 is 15.5. The fraction of sp³-hybridized carbons (Fsp3) is 0.300. The minimum absolute atomic E-state index is 0.118. The van der Waals surface area contributed by atoms with E-state index < -0.39 is 23.4 Å². The number of rotatable bonds is 8. The predicted molar refractivity (Wildman–Crippen MR) is 105 cm³/mol. The van der Waals surface area contributed by atoms with E-state index in [4.69, 9.17) is 14.2 Å². The summed E-state index contributed by atoms with van der Waals surface area (Å²) in [5, 5.41) is 13.3. The Kier molecular flexibility index (Phi) is 7.13. The molecule has 1 N–H and O–H groups in total. The summed E-state index contributed by atoms with van der Waals surface area (Å²) in [5.74, 6) is -0.594. The van der Waals surface area contributed by atoms with Gasteiger partial charge in [-0.25, -0.2) is 4.79 Å². The third-order valence-corrected chi connectivity index (χ3v) is 3.97. The van der Waals surface area contributed by atoms with E-state index in [1.807, 2.05) is 32.9 Å². The number of nitro benzene ring substituents is 1. The maximum absolute atomic E-state index is 12.0. The summed E-state index contributed by atoms with van der Waals surface area (Å²) in [4.78, 5) is 34.1. The van der Waals surface area contributed by atoms with Gasteiger partial charge in [-0.1, -0.05) is 17.7 Å². The van der Waals surface area contributed by atoms with Crippen molar-refractivity contribution in [1.82, 2.24) is 0 Å². The van der Waals surface area contributed by atoms with Gasteiger partial charge in [-0.05, 0) is 38.0 Å². The van der Waals surface area contributed by atoms with Crippen LogP contribution in [-0.2, 0) is 14.3 Å². The number of nitro groups is 1. The van der Waals surface area contributed by atoms with Crippen LogP contribution in [0.2, 0.25) is 0 Å². The average Bonchev–Trinajstić information content (AvgIpc) is 2.65. The van der Waals surface area contributed by atoms with E-state index in [2.05, 4.69) is 5.32 Å². The zero-order valence-corrected chi connectivity index (χ0v) is 16.6. The molecule has 0 heterocycles. The lowest BCUT2D eigenvalue weighted by atomic mass is 10.1. The summed E-state index contributed by atoms with van der Waals surface area (Å²) in [6.45, 7) is 4.86. The highest BCUT2D eigenvalue weighted by atomic mass is 16.6. The SMILES string of the molecule is COc1cc([N+](=O)[O-])ccc1NC(=O)COC(=O)COc1c(C)cc(C)cc1C. The summed E-state index contributed by atoms with van der Waals surface area (Å²) in [6, 6.07) is 7.63. The zero-order valence-electron chi connectivity index (χ0n) is 16.6. The van der Waals surface area contributed by atoms with Crippen molar-refractivity contribution in [1.29, 1.82) is 0 Å². The van der Waals surface area contributed by atoms with E-state index in [9.17, 15) is 19.7 Å². The first-order valence-electron chi connectivity index (χ1n) is 8.69. The Hall–Kier alpha value is -3.62. The highest BCUT2D eigenvalue weighted by Gasteiger charge is 2.15. The topological polar surface area (TPSA) is 117 Å². The van der Waals surface area contributed by atoms with Crippen LogP contribution >= 0.6 is 0 Å². The first-order valence-corrected chi connectivity index (χ1v) is 8.69. The Balaban J connectivity index is 1.88. The molecule has 29 heavy (non-hydrogen) atoms. The monoisotopic (exact) mass is 402 g/mol. The number of ether oxygens (including phenoxy) is 3. The van der Waals surface area contributed by atoms with Crippen molar-refractivity contribution >= 4 is 23.3 Å². The van der Waals surface area contributed by atoms with Crippen LogP contribution in [0.4, 0.5) is 11.4 Å². The number of amides is 1. The molecule has 0 fully saturated rings. The minimum Gasteiger partial charge on any atom is -0.494 e. The average molecular weight is 402 g/mol. The zero-order chi connectivity index (χ0) is 21.6. The van der Waals surface area contributed by atoms with Crippen molar-refractivity contribution in [3.05, 3.63) is 57.1 Å². The van der Waals surface area contributed by atoms with Crippen molar-refractivity contribution in [2.24, 2.45) is 0 Å². The molecular weight excluding hydrogens is 380 g/mol. The lowest BCUT2D eigenvalue weighted by Crippen LogP contribution is -2.24. The Morgan fingerprint density at radius 1 is 1.07 bits per heavy atom. The van der Waals surface area contributed by atoms with Gasteiger partial charge >= 0.3 is 5.97 Å². The molecule has 1 amide bonds. The van der Waals surface area contributed by atoms with Gasteiger partial charge in [0.25, 0.3) is 11.6 Å². The fourth-order valence-electron chi connectivity index (χ4n) is 2.80. The number of aryl methyl sites for hydroxylation is 3. The third kappa shape index (κ3) is 5.93. The van der Waals surface area contributed by atoms with Crippen molar-refractivity contribution in [3.8, 4) is 11.5 Å². The van der Waals surface area contributed by atoms with Gasteiger partial charge in [0.05, 0.1) is 23.8 Å². The van der Waals surface area contributed by atoms with Crippen LogP contribution in [0.3, 0.4) is 0 Å². The van der Waals surface area contributed by atoms with Crippen molar-refractivity contribution in [3.63, 3.8) is 0 Å². The van der Waals surface area contributed by atoms with Gasteiger partial charge in [-0.3, -0.25) is 14.9 Å². The number of anilines is 1. The molecule has 9 heteroatoms. The number of carbonyl (C=O) groups excluding carboxylic acids is 2. The second-order valence-electron chi connectivity index (χ2n) is 6.37. The molecule has 2 aromatic carbocycles. The highest BCUT2D eigenvalue weighted by Crippen LogP contribution is 2.29. The molecular formula is C20H22N2O7. The molecule has 0 radical (unpaired) electrons. The lowest BCUT2D eigenvalue weighted by Gasteiger charge is -2.13. The van der Waals surface area contributed by atoms with Gasteiger partial charge in [0.2, 0.25) is 0 Å². The number of methoxy groups -OCH3 is 1. The molecule has 0 atom stereocenters. The molecule has 0 aliphatic carbocycles. The number of esters is 1. The Labute approximate surface area is 167 Å². The molecule has 0 aliphatic heterocycles. The number of hydrogen-bond acceptors (Lipinski definition) is 7. The van der Waals surface area contributed by atoms with Crippen LogP contribution < -0.4 is 14.8 Å². The maximum atomic E-state index is 12.0. The summed E-state index contributed by atoms with van der Waals surface area (Å²) in [7, 11) is 1.32. The number of nitrogens with zero attached hydrogens (tertiary/aromatic N) is 1. The molecule has 0 unspecified atom stereocenters. The number of nitrogens with one attached hydrogen (secondary N) is 1. The first-order chi connectivity index (χ1) is 13.7. The number of non-ortho nitro benzene ring substituents is 1. The highest BCUT2D eigenvalue weighted by molar-refractivity contribution is 5.94. The second kappa shape index (κ2) is 9.54. The van der Waals surface area contributed by atoms with Crippen LogP contribution in [0.25, 0.3) is 0 Å². The predicted octanol–water partition coefficient (Wildman–Crippen LogP) is 3.09. The Morgan fingerprint density at radius 2 is 1.72 bits per heavy atom. The Morgan fingerprint density at radius 3 is 2.31 bits per heavy atom. The van der Waals surface area contributed by atoms with E-state index in [0.717, 1.165) is 16.7 Å². The van der Waals surface area contributed by atoms with E-state index in [0.29, 0.717) is 5.75 Å². The first kappa shape index (κ1) is 21.7. The summed E-state index contributed by atoms with van der Waals surface area (Å²) in [5.41, 5.74) is 2.94. The van der Waals surface area contributed by atoms with Gasteiger partial charge in [0.15, 0.2) is 13.2 Å². The van der Waals surface area contributed by atoms with Gasteiger partial charge in [0, 0.05) is 6.07 Å². The third-order valence-electron chi connectivity index (χ3n) is 3.97. The molecule has 2 rings (SSSR count). The van der Waals surface area contributed by atoms with Crippen LogP contribution in [-0.4, -0.2) is 37.1 Å². The normalized spacial score (nSPS) is 10.2. The van der Waals surface area contributed by atoms with Crippen LogP contribution in [0.5, 0.6) is 11.5 Å². The van der Waals surface area contributed by atoms with Crippen molar-refractivity contribution in [2.45, 2.75) is 20.8 Å². The van der Waals surface area contributed by atoms with Crippen LogP contribution in [0.1, 0.15) is 16.7 Å². The lowest BCUT2D eigenvalue weighted by molar-refractivity contribution is -0.384. The summed E-state index contributed by atoms with van der Waals surface area (Å²) >= 11 is 0. The summed E-state index contributed by atoms with van der Waals surface area (Å²) in [6.07, 6.45) is 0. The van der Waals surface area contributed by atoms with Crippen molar-refractivity contribution in [2.75, 3.05) is 25.6 Å². The maximum Gasteiger partial charge on any atom is 0.344 e. The Bertz CT molecular complexity index is 917. The molecule has 0 saturated carbocycles. The number of benzene rings is 2. The van der Waals surface area contributed by atoms with E-state index in [-0.39, 0.29) is 23.7 Å². The van der Waals surface area contributed by atoms with Gasteiger partial charge < -0.3 is 19.5 Å². The van der Waals surface area contributed by atoms with E-state index in [1.165, 1.54) is 25.3 Å². The quantitative estimate of drug-likeness (QED) is 0.410. The molecule has 9 nitrogen and oxygen atoms in total. The van der Waals surface area contributed by atoms with Crippen molar-refractivity contribution < 1.29 is 28.7 Å². The van der Waals surface area contributed by atoms with Gasteiger partial charge in [0.1, 0.15) is 11.5 Å². The molecule has 0 aliphatic rings. The second-order valence-corrected chi connectivity index (χ2v) is 6.37. The van der Waals surface area contributed by atoms with Gasteiger partial charge in [-0.2, -0.15) is 0 Å². The molecule has 154 valence electrons. The molecule has 2 aromatic rings. The molecule has 0 spiro atoms. The van der Waals surface area contributed by atoms with E-state index in [1.54, 1.807) is 0 Å². The number of hydrogen-bond donors (Lipinski definition) is 1. The van der Waals surface area contributed by atoms with Crippen LogP contribution in [0.15, 0.2) is 30.3 Å². The number of carbonyl (C=O) groups is 2. The molecule has 0 aromatic heterocycles. The molecule has 0 saturated heterocycles.